The van der Waals surface area contributed by atoms with Crippen LogP contribution in [0.4, 0.5) is 15.8 Å². The summed E-state index contributed by atoms with van der Waals surface area (Å²) < 4.78 is 16.5. The van der Waals surface area contributed by atoms with Gasteiger partial charge in [-0.2, -0.15) is 0 Å². The molecule has 0 bridgehead atoms. The number of hydrogen-bond acceptors (Lipinski definition) is 4. The van der Waals surface area contributed by atoms with Crippen molar-refractivity contribution in [1.82, 2.24) is 14.9 Å². The normalized spacial score (nSPS) is 13.7. The Morgan fingerprint density at radius 1 is 1.44 bits per heavy atom. The van der Waals surface area contributed by atoms with E-state index in [4.69, 9.17) is 16.4 Å². The van der Waals surface area contributed by atoms with Crippen molar-refractivity contribution in [3.05, 3.63) is 58.8 Å². The Hall–Kier alpha value is -2.64. The quantitative estimate of drug-likeness (QED) is 0.619. The molecule has 2 heterocycles. The second-order valence-electron chi connectivity index (χ2n) is 6.68. The number of benzene rings is 1. The first kappa shape index (κ1) is 17.8. The Labute approximate surface area is 160 Å². The van der Waals surface area contributed by atoms with Crippen LogP contribution in [0.25, 0.3) is 5.65 Å². The number of hydrogen-bond donors (Lipinski definition) is 2. The molecule has 27 heavy (non-hydrogen) atoms. The Balaban J connectivity index is 1.69. The maximum Gasteiger partial charge on any atom is 0.278 e. The zero-order valence-electron chi connectivity index (χ0n) is 14.6. The van der Waals surface area contributed by atoms with E-state index in [0.717, 1.165) is 18.4 Å². The van der Waals surface area contributed by atoms with Crippen molar-refractivity contribution >= 4 is 34.5 Å². The summed E-state index contributed by atoms with van der Waals surface area (Å²) in [5, 5.41) is 3.36. The lowest BCUT2D eigenvalue weighted by molar-refractivity contribution is 0.0270. The van der Waals surface area contributed by atoms with Crippen LogP contribution in [0.3, 0.4) is 0 Å². The smallest absolute Gasteiger partial charge is 0.278 e. The van der Waals surface area contributed by atoms with Crippen LogP contribution in [-0.4, -0.2) is 21.9 Å². The highest BCUT2D eigenvalue weighted by Crippen LogP contribution is 2.32. The van der Waals surface area contributed by atoms with Gasteiger partial charge in [-0.05, 0) is 43.4 Å². The second-order valence-corrected chi connectivity index (χ2v) is 7.09. The summed E-state index contributed by atoms with van der Waals surface area (Å²) in [5.74, 6) is -0.704. The first-order valence-electron chi connectivity index (χ1n) is 8.63. The van der Waals surface area contributed by atoms with E-state index in [0.29, 0.717) is 23.2 Å². The third kappa shape index (κ3) is 3.74. The number of amides is 1. The first-order valence-corrected chi connectivity index (χ1v) is 9.01. The number of carbonyl (C=O) groups is 1. The van der Waals surface area contributed by atoms with E-state index in [1.807, 2.05) is 13.0 Å². The van der Waals surface area contributed by atoms with Crippen molar-refractivity contribution < 1.29 is 14.0 Å². The summed E-state index contributed by atoms with van der Waals surface area (Å²) in [6.45, 7) is 2.36. The van der Waals surface area contributed by atoms with Gasteiger partial charge in [0.05, 0.1) is 28.6 Å². The average molecular weight is 389 g/mol. The zero-order chi connectivity index (χ0) is 19.0. The SMILES string of the molecule is Cc1ccc(Nc2c(C(=O)NOCC3CC3)cn3ccnc3c2F)c(Cl)c1. The Bertz CT molecular complexity index is 1020. The van der Waals surface area contributed by atoms with Gasteiger partial charge >= 0.3 is 0 Å². The Morgan fingerprint density at radius 3 is 3.00 bits per heavy atom. The molecule has 1 aromatic carbocycles. The number of nitrogens with one attached hydrogen (secondary N) is 2. The number of anilines is 2. The van der Waals surface area contributed by atoms with Gasteiger partial charge in [-0.3, -0.25) is 9.63 Å². The van der Waals surface area contributed by atoms with E-state index in [2.05, 4.69) is 15.8 Å². The van der Waals surface area contributed by atoms with Crippen molar-refractivity contribution in [2.75, 3.05) is 11.9 Å². The van der Waals surface area contributed by atoms with Gasteiger partial charge in [0.25, 0.3) is 5.91 Å². The fourth-order valence-electron chi connectivity index (χ4n) is 2.74. The summed E-state index contributed by atoms with van der Waals surface area (Å²) in [4.78, 5) is 21.9. The number of carbonyl (C=O) groups excluding carboxylic acids is 1. The molecule has 0 radical (unpaired) electrons. The van der Waals surface area contributed by atoms with Gasteiger partial charge in [-0.1, -0.05) is 17.7 Å². The van der Waals surface area contributed by atoms with Crippen LogP contribution in [0.1, 0.15) is 28.8 Å². The fraction of sp³-hybridized carbons (Fsp3) is 0.263. The number of halogens is 2. The Kier molecular flexibility index (Phi) is 4.72. The number of aryl methyl sites for hydroxylation is 1. The minimum Gasteiger partial charge on any atom is -0.351 e. The maximum absolute atomic E-state index is 15.1. The van der Waals surface area contributed by atoms with Crippen LogP contribution in [0.15, 0.2) is 36.8 Å². The minimum atomic E-state index is -0.647. The monoisotopic (exact) mass is 388 g/mol. The molecule has 140 valence electrons. The van der Waals surface area contributed by atoms with Crippen molar-refractivity contribution in [2.45, 2.75) is 19.8 Å². The third-order valence-corrected chi connectivity index (χ3v) is 4.74. The summed E-state index contributed by atoms with van der Waals surface area (Å²) in [5.41, 5.74) is 4.04. The minimum absolute atomic E-state index is 0.00743. The highest BCUT2D eigenvalue weighted by Gasteiger charge is 2.24. The Morgan fingerprint density at radius 2 is 2.26 bits per heavy atom. The molecule has 2 aromatic heterocycles. The molecular weight excluding hydrogens is 371 g/mol. The van der Waals surface area contributed by atoms with Crippen LogP contribution >= 0.6 is 11.6 Å². The molecule has 2 N–H and O–H groups in total. The van der Waals surface area contributed by atoms with Crippen molar-refractivity contribution in [3.63, 3.8) is 0 Å². The van der Waals surface area contributed by atoms with Gasteiger partial charge in [0, 0.05) is 18.6 Å². The van der Waals surface area contributed by atoms with Crippen molar-refractivity contribution in [2.24, 2.45) is 5.92 Å². The zero-order valence-corrected chi connectivity index (χ0v) is 15.4. The van der Waals surface area contributed by atoms with E-state index in [9.17, 15) is 4.79 Å². The number of rotatable bonds is 6. The number of imidazole rings is 1. The van der Waals surface area contributed by atoms with Crippen LogP contribution in [0.5, 0.6) is 0 Å². The van der Waals surface area contributed by atoms with Crippen molar-refractivity contribution in [3.8, 4) is 0 Å². The van der Waals surface area contributed by atoms with Crippen LogP contribution < -0.4 is 10.8 Å². The molecule has 0 saturated heterocycles. The molecule has 3 aromatic rings. The standard InChI is InChI=1S/C19H18ClFN4O2/c1-11-2-5-15(14(20)8-11)23-17-13(19(26)24-27-10-12-3-4-12)9-25-7-6-22-18(25)16(17)21/h2,5-9,12,23H,3-4,10H2,1H3,(H,24,26). The van der Waals surface area contributed by atoms with Crippen LogP contribution in [0, 0.1) is 18.7 Å². The summed E-state index contributed by atoms with van der Waals surface area (Å²) in [6, 6.07) is 5.34. The van der Waals surface area contributed by atoms with Gasteiger partial charge in [0.1, 0.15) is 0 Å². The lowest BCUT2D eigenvalue weighted by Gasteiger charge is -2.15. The number of pyridine rings is 1. The molecule has 1 aliphatic rings. The molecule has 6 nitrogen and oxygen atoms in total. The van der Waals surface area contributed by atoms with Crippen LogP contribution in [0.2, 0.25) is 5.02 Å². The first-order chi connectivity index (χ1) is 13.0. The van der Waals surface area contributed by atoms with E-state index >= 15 is 4.39 Å². The summed E-state index contributed by atoms with van der Waals surface area (Å²) >= 11 is 6.26. The van der Waals surface area contributed by atoms with Gasteiger partial charge in [0.15, 0.2) is 11.5 Å². The summed E-state index contributed by atoms with van der Waals surface area (Å²) in [7, 11) is 0. The van der Waals surface area contributed by atoms with Gasteiger partial charge in [-0.15, -0.1) is 0 Å². The van der Waals surface area contributed by atoms with Gasteiger partial charge < -0.3 is 9.72 Å². The molecule has 0 atom stereocenters. The van der Waals surface area contributed by atoms with E-state index in [1.54, 1.807) is 18.3 Å². The highest BCUT2D eigenvalue weighted by molar-refractivity contribution is 6.33. The van der Waals surface area contributed by atoms with Crippen molar-refractivity contribution in [1.29, 1.82) is 0 Å². The van der Waals surface area contributed by atoms with Crippen LogP contribution in [-0.2, 0) is 4.84 Å². The van der Waals surface area contributed by atoms with Gasteiger partial charge in [-0.25, -0.2) is 14.9 Å². The molecule has 1 fully saturated rings. The van der Waals surface area contributed by atoms with Gasteiger partial charge in [0.2, 0.25) is 0 Å². The highest BCUT2D eigenvalue weighted by atomic mass is 35.5. The number of hydroxylamine groups is 1. The molecule has 1 amide bonds. The number of nitrogens with zero attached hydrogens (tertiary/aromatic N) is 2. The molecule has 0 aliphatic heterocycles. The van der Waals surface area contributed by atoms with E-state index in [-0.39, 0.29) is 16.9 Å². The average Bonchev–Trinajstić information content (AvgIpc) is 3.33. The molecule has 4 rings (SSSR count). The topological polar surface area (TPSA) is 67.7 Å². The molecule has 8 heteroatoms. The molecule has 1 saturated carbocycles. The lowest BCUT2D eigenvalue weighted by Crippen LogP contribution is -2.26. The van der Waals surface area contributed by atoms with E-state index in [1.165, 1.54) is 16.8 Å². The summed E-state index contributed by atoms with van der Waals surface area (Å²) in [6.07, 6.45) is 6.75. The molecule has 0 unspecified atom stereocenters. The van der Waals surface area contributed by atoms with E-state index < -0.39 is 11.7 Å². The lowest BCUT2D eigenvalue weighted by atomic mass is 10.1. The predicted molar refractivity (Wildman–Crippen MR) is 101 cm³/mol. The molecular formula is C19H18ClFN4O2. The largest absolute Gasteiger partial charge is 0.351 e. The molecule has 1 aliphatic carbocycles. The number of aromatic nitrogens is 2. The number of fused-ring (bicyclic) bond motifs is 1. The molecule has 0 spiro atoms. The maximum atomic E-state index is 15.1. The third-order valence-electron chi connectivity index (χ3n) is 4.43. The second kappa shape index (κ2) is 7.17. The fourth-order valence-corrected chi connectivity index (χ4v) is 3.02. The predicted octanol–water partition coefficient (Wildman–Crippen LogP) is 4.25.